The normalized spacial score (nSPS) is 16.4. The van der Waals surface area contributed by atoms with Crippen molar-refractivity contribution in [3.8, 4) is 11.3 Å². The monoisotopic (exact) mass is 413 g/mol. The summed E-state index contributed by atoms with van der Waals surface area (Å²) < 4.78 is 1.75. The van der Waals surface area contributed by atoms with E-state index in [0.717, 1.165) is 42.0 Å². The number of rotatable bonds is 5. The summed E-state index contributed by atoms with van der Waals surface area (Å²) in [6.07, 6.45) is 6.82. The van der Waals surface area contributed by atoms with Gasteiger partial charge in [0.15, 0.2) is 0 Å². The third-order valence-electron chi connectivity index (χ3n) is 5.61. The largest absolute Gasteiger partial charge is 0.356 e. The molecular formula is C23H23N7O. The van der Waals surface area contributed by atoms with Gasteiger partial charge in [0.05, 0.1) is 11.6 Å². The predicted molar refractivity (Wildman–Crippen MR) is 117 cm³/mol. The van der Waals surface area contributed by atoms with Crippen molar-refractivity contribution in [3.05, 3.63) is 72.8 Å². The van der Waals surface area contributed by atoms with Crippen molar-refractivity contribution < 1.29 is 4.79 Å². The van der Waals surface area contributed by atoms with E-state index in [1.165, 1.54) is 6.33 Å². The molecule has 1 saturated heterocycles. The topological polar surface area (TPSA) is 88.3 Å². The van der Waals surface area contributed by atoms with Crippen LogP contribution in [0.3, 0.4) is 0 Å². The highest BCUT2D eigenvalue weighted by molar-refractivity contribution is 5.79. The number of pyridine rings is 1. The number of nitrogens with zero attached hydrogens (tertiary/aromatic N) is 6. The molecule has 1 atom stereocenters. The summed E-state index contributed by atoms with van der Waals surface area (Å²) in [5.41, 5.74) is 2.87. The molecule has 0 saturated carbocycles. The molecule has 8 heteroatoms. The van der Waals surface area contributed by atoms with E-state index < -0.39 is 0 Å². The number of benzene rings is 1. The lowest BCUT2D eigenvalue weighted by molar-refractivity contribution is -0.125. The van der Waals surface area contributed by atoms with Crippen LogP contribution in [0.4, 0.5) is 5.82 Å². The standard InChI is InChI=1S/C23H23N7O/c31-22(25-14-17-6-4-10-24-13-17)19-9-5-11-29(15-19)21-12-20(18-7-2-1-3-8-18)28-23-26-16-27-30(21)23/h1-4,6-8,10,12-13,16,19H,5,9,11,14-15H2,(H,25,31)/t19-/m1/s1. The molecule has 31 heavy (non-hydrogen) atoms. The second-order valence-electron chi connectivity index (χ2n) is 7.70. The number of fused-ring (bicyclic) bond motifs is 1. The Morgan fingerprint density at radius 1 is 1.16 bits per heavy atom. The Balaban J connectivity index is 1.37. The molecule has 3 aromatic heterocycles. The zero-order valence-corrected chi connectivity index (χ0v) is 17.1. The van der Waals surface area contributed by atoms with Gasteiger partial charge in [-0.3, -0.25) is 9.78 Å². The van der Waals surface area contributed by atoms with Gasteiger partial charge in [-0.25, -0.2) is 4.98 Å². The number of carbonyl (C=O) groups excluding carboxylic acids is 1. The second kappa shape index (κ2) is 8.51. The Hall–Kier alpha value is -3.81. The summed E-state index contributed by atoms with van der Waals surface area (Å²) in [5.74, 6) is 1.45. The van der Waals surface area contributed by atoms with Crippen molar-refractivity contribution in [1.82, 2.24) is 29.9 Å². The molecule has 1 fully saturated rings. The fraction of sp³-hybridized carbons (Fsp3) is 0.261. The molecule has 0 radical (unpaired) electrons. The minimum Gasteiger partial charge on any atom is -0.356 e. The van der Waals surface area contributed by atoms with Crippen LogP contribution >= 0.6 is 0 Å². The fourth-order valence-electron chi connectivity index (χ4n) is 4.01. The van der Waals surface area contributed by atoms with E-state index in [1.54, 1.807) is 16.9 Å². The van der Waals surface area contributed by atoms with Crippen LogP contribution in [-0.2, 0) is 11.3 Å². The molecule has 156 valence electrons. The maximum atomic E-state index is 12.8. The first-order valence-electron chi connectivity index (χ1n) is 10.5. The van der Waals surface area contributed by atoms with Crippen molar-refractivity contribution in [1.29, 1.82) is 0 Å². The molecule has 1 aliphatic heterocycles. The summed E-state index contributed by atoms with van der Waals surface area (Å²) in [6, 6.07) is 15.9. The first-order valence-corrected chi connectivity index (χ1v) is 10.5. The molecule has 1 N–H and O–H groups in total. The summed E-state index contributed by atoms with van der Waals surface area (Å²) >= 11 is 0. The van der Waals surface area contributed by atoms with Crippen LogP contribution in [0.1, 0.15) is 18.4 Å². The van der Waals surface area contributed by atoms with Gasteiger partial charge in [0, 0.05) is 43.7 Å². The van der Waals surface area contributed by atoms with Gasteiger partial charge in [-0.1, -0.05) is 36.4 Å². The third-order valence-corrected chi connectivity index (χ3v) is 5.61. The van der Waals surface area contributed by atoms with Crippen molar-refractivity contribution in [2.45, 2.75) is 19.4 Å². The molecule has 4 heterocycles. The van der Waals surface area contributed by atoms with Crippen LogP contribution < -0.4 is 10.2 Å². The molecule has 0 aliphatic carbocycles. The first-order chi connectivity index (χ1) is 15.3. The Bertz CT molecular complexity index is 1180. The SMILES string of the molecule is O=C(NCc1cccnc1)[C@@H]1CCCN(c2cc(-c3ccccc3)nc3ncnn23)C1. The van der Waals surface area contributed by atoms with E-state index in [0.29, 0.717) is 18.9 Å². The number of hydrogen-bond acceptors (Lipinski definition) is 6. The number of piperidine rings is 1. The average Bonchev–Trinajstić information content (AvgIpc) is 3.32. The number of amides is 1. The summed E-state index contributed by atoms with van der Waals surface area (Å²) in [7, 11) is 0. The van der Waals surface area contributed by atoms with Gasteiger partial charge >= 0.3 is 0 Å². The summed E-state index contributed by atoms with van der Waals surface area (Å²) in [4.78, 5) is 28.1. The average molecular weight is 413 g/mol. The van der Waals surface area contributed by atoms with Gasteiger partial charge in [-0.05, 0) is 24.5 Å². The zero-order valence-electron chi connectivity index (χ0n) is 17.1. The second-order valence-corrected chi connectivity index (χ2v) is 7.70. The summed E-state index contributed by atoms with van der Waals surface area (Å²) in [6.45, 7) is 1.98. The van der Waals surface area contributed by atoms with Gasteiger partial charge in [0.1, 0.15) is 12.1 Å². The maximum absolute atomic E-state index is 12.8. The minimum absolute atomic E-state index is 0.0701. The molecular weight excluding hydrogens is 390 g/mol. The number of carbonyl (C=O) groups is 1. The molecule has 8 nitrogen and oxygen atoms in total. The van der Waals surface area contributed by atoms with Crippen molar-refractivity contribution in [2.75, 3.05) is 18.0 Å². The van der Waals surface area contributed by atoms with E-state index in [4.69, 9.17) is 0 Å². The Morgan fingerprint density at radius 2 is 2.06 bits per heavy atom. The number of anilines is 1. The molecule has 1 amide bonds. The number of hydrogen-bond donors (Lipinski definition) is 1. The van der Waals surface area contributed by atoms with E-state index >= 15 is 0 Å². The highest BCUT2D eigenvalue weighted by Crippen LogP contribution is 2.27. The lowest BCUT2D eigenvalue weighted by Crippen LogP contribution is -2.43. The predicted octanol–water partition coefficient (Wildman–Crippen LogP) is 2.72. The first kappa shape index (κ1) is 19.2. The van der Waals surface area contributed by atoms with Gasteiger partial charge < -0.3 is 10.2 Å². The fourth-order valence-corrected chi connectivity index (χ4v) is 4.01. The van der Waals surface area contributed by atoms with Crippen LogP contribution in [-0.4, -0.2) is 43.6 Å². The van der Waals surface area contributed by atoms with E-state index in [-0.39, 0.29) is 11.8 Å². The third kappa shape index (κ3) is 4.09. The van der Waals surface area contributed by atoms with E-state index in [2.05, 4.69) is 30.3 Å². The Labute approximate surface area is 180 Å². The molecule has 0 bridgehead atoms. The van der Waals surface area contributed by atoms with Crippen LogP contribution in [0.15, 0.2) is 67.3 Å². The highest BCUT2D eigenvalue weighted by atomic mass is 16.1. The molecule has 0 spiro atoms. The molecule has 4 aromatic rings. The number of aromatic nitrogens is 5. The quantitative estimate of drug-likeness (QED) is 0.541. The lowest BCUT2D eigenvalue weighted by atomic mass is 9.97. The van der Waals surface area contributed by atoms with E-state index in [9.17, 15) is 4.79 Å². The maximum Gasteiger partial charge on any atom is 0.254 e. The molecule has 5 rings (SSSR count). The van der Waals surface area contributed by atoms with Gasteiger partial charge in [-0.15, -0.1) is 0 Å². The van der Waals surface area contributed by atoms with Crippen molar-refractivity contribution in [3.63, 3.8) is 0 Å². The smallest absolute Gasteiger partial charge is 0.254 e. The molecule has 1 aromatic carbocycles. The van der Waals surface area contributed by atoms with Crippen molar-refractivity contribution >= 4 is 17.5 Å². The number of nitrogens with one attached hydrogen (secondary N) is 1. The van der Waals surface area contributed by atoms with Gasteiger partial charge in [0.25, 0.3) is 5.78 Å². The van der Waals surface area contributed by atoms with Crippen LogP contribution in [0.5, 0.6) is 0 Å². The minimum atomic E-state index is -0.0858. The highest BCUT2D eigenvalue weighted by Gasteiger charge is 2.27. The Morgan fingerprint density at radius 3 is 2.90 bits per heavy atom. The van der Waals surface area contributed by atoms with Gasteiger partial charge in [0.2, 0.25) is 5.91 Å². The summed E-state index contributed by atoms with van der Waals surface area (Å²) in [5, 5.41) is 7.43. The van der Waals surface area contributed by atoms with Crippen LogP contribution in [0.2, 0.25) is 0 Å². The Kier molecular flexibility index (Phi) is 5.26. The van der Waals surface area contributed by atoms with Gasteiger partial charge in [-0.2, -0.15) is 14.6 Å². The van der Waals surface area contributed by atoms with E-state index in [1.807, 2.05) is 48.5 Å². The van der Waals surface area contributed by atoms with Crippen LogP contribution in [0, 0.1) is 5.92 Å². The van der Waals surface area contributed by atoms with Crippen LogP contribution in [0.25, 0.3) is 17.0 Å². The van der Waals surface area contributed by atoms with Crippen molar-refractivity contribution in [2.24, 2.45) is 5.92 Å². The molecule has 1 aliphatic rings. The molecule has 0 unspecified atom stereocenters. The lowest BCUT2D eigenvalue weighted by Gasteiger charge is -2.33. The zero-order chi connectivity index (χ0) is 21.0.